The average molecular weight is 332 g/mol. The van der Waals surface area contributed by atoms with Crippen molar-refractivity contribution in [1.82, 2.24) is 20.4 Å². The summed E-state index contributed by atoms with van der Waals surface area (Å²) in [6.07, 6.45) is 3.11. The lowest BCUT2D eigenvalue weighted by atomic mass is 10.0. The predicted octanol–water partition coefficient (Wildman–Crippen LogP) is 3.22. The Morgan fingerprint density at radius 2 is 2.22 bits per heavy atom. The third kappa shape index (κ3) is 3.31. The molecule has 120 valence electrons. The Balaban J connectivity index is 1.77. The third-order valence-electron chi connectivity index (χ3n) is 3.22. The van der Waals surface area contributed by atoms with Crippen molar-refractivity contribution in [3.8, 4) is 10.8 Å². The van der Waals surface area contributed by atoms with Crippen LogP contribution in [0, 0.1) is 12.8 Å². The van der Waals surface area contributed by atoms with Crippen LogP contribution in [0.1, 0.15) is 41.3 Å². The molecule has 0 bridgehead atoms. The minimum Gasteiger partial charge on any atom is -0.462 e. The minimum atomic E-state index is -0.349. The number of rotatable bonds is 5. The molecule has 1 atom stereocenters. The Hall–Kier alpha value is -2.48. The van der Waals surface area contributed by atoms with E-state index in [1.807, 2.05) is 13.8 Å². The Morgan fingerprint density at radius 3 is 2.83 bits per heavy atom. The molecule has 0 saturated heterocycles. The van der Waals surface area contributed by atoms with Crippen LogP contribution >= 0.6 is 11.3 Å². The zero-order chi connectivity index (χ0) is 16.4. The molecule has 0 spiro atoms. The molecule has 3 rings (SSSR count). The Kier molecular flexibility index (Phi) is 4.24. The quantitative estimate of drug-likeness (QED) is 0.771. The lowest BCUT2D eigenvalue weighted by molar-refractivity contribution is 0.0918. The highest BCUT2D eigenvalue weighted by Gasteiger charge is 2.25. The van der Waals surface area contributed by atoms with Crippen molar-refractivity contribution in [3.63, 3.8) is 0 Å². The second-order valence-corrected chi connectivity index (χ2v) is 6.41. The molecule has 1 amide bonds. The lowest BCUT2D eigenvalue weighted by Gasteiger charge is -2.17. The van der Waals surface area contributed by atoms with E-state index in [4.69, 9.17) is 8.94 Å². The smallest absolute Gasteiger partial charge is 0.263 e. The van der Waals surface area contributed by atoms with Crippen molar-refractivity contribution in [2.75, 3.05) is 0 Å². The van der Waals surface area contributed by atoms with E-state index in [0.717, 1.165) is 0 Å². The number of aromatic nitrogens is 3. The summed E-state index contributed by atoms with van der Waals surface area (Å²) >= 11 is 1.27. The van der Waals surface area contributed by atoms with E-state index in [2.05, 4.69) is 20.4 Å². The van der Waals surface area contributed by atoms with Gasteiger partial charge >= 0.3 is 0 Å². The van der Waals surface area contributed by atoms with E-state index in [1.54, 1.807) is 25.3 Å². The van der Waals surface area contributed by atoms with Gasteiger partial charge in [0.05, 0.1) is 12.5 Å². The van der Waals surface area contributed by atoms with Crippen molar-refractivity contribution in [2.24, 2.45) is 5.92 Å². The number of carbonyl (C=O) groups excluding carboxylic acids is 1. The number of hydrogen-bond acceptors (Lipinski definition) is 7. The molecule has 8 heteroatoms. The molecule has 3 heterocycles. The minimum absolute atomic E-state index is 0.108. The Labute approximate surface area is 136 Å². The number of furan rings is 1. The van der Waals surface area contributed by atoms with Crippen LogP contribution < -0.4 is 5.32 Å². The van der Waals surface area contributed by atoms with Crippen molar-refractivity contribution >= 4 is 17.2 Å². The van der Waals surface area contributed by atoms with Gasteiger partial charge in [-0.15, -0.1) is 11.3 Å². The van der Waals surface area contributed by atoms with Crippen LogP contribution in [0.15, 0.2) is 33.5 Å². The molecule has 0 aliphatic heterocycles. The van der Waals surface area contributed by atoms with Crippen molar-refractivity contribution in [2.45, 2.75) is 26.8 Å². The molecule has 23 heavy (non-hydrogen) atoms. The highest BCUT2D eigenvalue weighted by molar-refractivity contribution is 7.16. The summed E-state index contributed by atoms with van der Waals surface area (Å²) in [5, 5.41) is 7.37. The second kappa shape index (κ2) is 6.33. The van der Waals surface area contributed by atoms with Crippen LogP contribution in [0.5, 0.6) is 0 Å². The molecule has 3 aromatic rings. The molecule has 0 aliphatic rings. The number of thiazole rings is 1. The van der Waals surface area contributed by atoms with Crippen molar-refractivity contribution < 1.29 is 13.7 Å². The fraction of sp³-hybridized carbons (Fsp3) is 0.333. The molecule has 0 saturated carbocycles. The van der Waals surface area contributed by atoms with Gasteiger partial charge in [-0.05, 0) is 25.0 Å². The summed E-state index contributed by atoms with van der Waals surface area (Å²) in [5.74, 6) is 1.47. The topological polar surface area (TPSA) is 94.1 Å². The molecule has 0 radical (unpaired) electrons. The van der Waals surface area contributed by atoms with Crippen LogP contribution in [0.2, 0.25) is 0 Å². The summed E-state index contributed by atoms with van der Waals surface area (Å²) in [6, 6.07) is 3.24. The molecular weight excluding hydrogens is 316 g/mol. The van der Waals surface area contributed by atoms with Gasteiger partial charge in [0.2, 0.25) is 5.89 Å². The van der Waals surface area contributed by atoms with E-state index >= 15 is 0 Å². The summed E-state index contributed by atoms with van der Waals surface area (Å²) < 4.78 is 10.5. The number of hydrogen-bond donors (Lipinski definition) is 1. The molecule has 1 N–H and O–H groups in total. The van der Waals surface area contributed by atoms with Gasteiger partial charge < -0.3 is 14.3 Å². The number of aryl methyl sites for hydroxylation is 1. The first-order valence-corrected chi connectivity index (χ1v) is 7.97. The number of nitrogens with zero attached hydrogens (tertiary/aromatic N) is 3. The fourth-order valence-corrected chi connectivity index (χ4v) is 2.85. The van der Waals surface area contributed by atoms with Crippen molar-refractivity contribution in [3.05, 3.63) is 41.2 Å². The highest BCUT2D eigenvalue weighted by atomic mass is 32.1. The number of amides is 1. The van der Waals surface area contributed by atoms with Gasteiger partial charge in [0.15, 0.2) is 16.6 Å². The molecule has 3 aromatic heterocycles. The molecule has 1 unspecified atom stereocenters. The molecule has 7 nitrogen and oxygen atoms in total. The van der Waals surface area contributed by atoms with E-state index < -0.39 is 0 Å². The molecule has 0 fully saturated rings. The standard InChI is InChI=1S/C15H16N4O3S/c1-8(2)12(14-17-9(3)19-22-14)18-13(20)11-7-16-15(23-11)10-5-4-6-21-10/h4-8,12H,1-3H3,(H,18,20). The molecular formula is C15H16N4O3S. The number of nitrogens with one attached hydrogen (secondary N) is 1. The summed E-state index contributed by atoms with van der Waals surface area (Å²) in [5.41, 5.74) is 0. The normalized spacial score (nSPS) is 12.5. The van der Waals surface area contributed by atoms with E-state index in [1.165, 1.54) is 17.5 Å². The maximum absolute atomic E-state index is 12.5. The Bertz CT molecular complexity index is 791. The first-order chi connectivity index (χ1) is 11.0. The van der Waals surface area contributed by atoms with E-state index in [-0.39, 0.29) is 17.9 Å². The number of carbonyl (C=O) groups is 1. The van der Waals surface area contributed by atoms with Crippen LogP contribution in [-0.4, -0.2) is 21.0 Å². The van der Waals surface area contributed by atoms with Gasteiger partial charge in [-0.2, -0.15) is 4.98 Å². The van der Waals surface area contributed by atoms with Crippen LogP contribution in [0.3, 0.4) is 0 Å². The van der Waals surface area contributed by atoms with Gasteiger partial charge in [0.1, 0.15) is 10.9 Å². The zero-order valence-electron chi connectivity index (χ0n) is 12.9. The maximum atomic E-state index is 12.5. The SMILES string of the molecule is Cc1noc(C(NC(=O)c2cnc(-c3ccco3)s2)C(C)C)n1. The van der Waals surface area contributed by atoms with E-state index in [9.17, 15) is 4.79 Å². The Morgan fingerprint density at radius 1 is 1.39 bits per heavy atom. The molecule has 0 aromatic carbocycles. The maximum Gasteiger partial charge on any atom is 0.263 e. The lowest BCUT2D eigenvalue weighted by Crippen LogP contribution is -2.31. The van der Waals surface area contributed by atoms with Gasteiger partial charge in [-0.3, -0.25) is 4.79 Å². The second-order valence-electron chi connectivity index (χ2n) is 5.38. The van der Waals surface area contributed by atoms with Gasteiger partial charge in [0.25, 0.3) is 5.91 Å². The first kappa shape index (κ1) is 15.4. The van der Waals surface area contributed by atoms with E-state index in [0.29, 0.717) is 27.4 Å². The van der Waals surface area contributed by atoms with Crippen LogP contribution in [0.25, 0.3) is 10.8 Å². The summed E-state index contributed by atoms with van der Waals surface area (Å²) in [6.45, 7) is 5.70. The van der Waals surface area contributed by atoms with Gasteiger partial charge in [0, 0.05) is 0 Å². The largest absolute Gasteiger partial charge is 0.462 e. The molecule has 0 aliphatic carbocycles. The highest BCUT2D eigenvalue weighted by Crippen LogP contribution is 2.26. The summed E-state index contributed by atoms with van der Waals surface area (Å²) in [7, 11) is 0. The van der Waals surface area contributed by atoms with Crippen LogP contribution in [-0.2, 0) is 0 Å². The average Bonchev–Trinajstić information content (AvgIpc) is 3.24. The van der Waals surface area contributed by atoms with Crippen molar-refractivity contribution in [1.29, 1.82) is 0 Å². The van der Waals surface area contributed by atoms with Gasteiger partial charge in [-0.1, -0.05) is 19.0 Å². The zero-order valence-corrected chi connectivity index (χ0v) is 13.8. The fourth-order valence-electron chi connectivity index (χ4n) is 2.06. The predicted molar refractivity (Wildman–Crippen MR) is 83.9 cm³/mol. The van der Waals surface area contributed by atoms with Gasteiger partial charge in [-0.25, -0.2) is 4.98 Å². The first-order valence-electron chi connectivity index (χ1n) is 7.15. The van der Waals surface area contributed by atoms with Crippen LogP contribution in [0.4, 0.5) is 0 Å². The summed E-state index contributed by atoms with van der Waals surface area (Å²) in [4.78, 5) is 21.4. The third-order valence-corrected chi connectivity index (χ3v) is 4.23. The monoisotopic (exact) mass is 332 g/mol.